The third kappa shape index (κ3) is 2.66. The van der Waals surface area contributed by atoms with Crippen molar-refractivity contribution in [2.24, 2.45) is 14.1 Å². The summed E-state index contributed by atoms with van der Waals surface area (Å²) < 4.78 is 8.69. The average Bonchev–Trinajstić information content (AvgIpc) is 3.18. The smallest absolute Gasteiger partial charge is 0.268 e. The molecule has 3 heterocycles. The van der Waals surface area contributed by atoms with Crippen LogP contribution in [0.4, 0.5) is 5.69 Å². The first-order valence-electron chi connectivity index (χ1n) is 7.49. The molecular formula is C16H19N5O3. The van der Waals surface area contributed by atoms with Crippen molar-refractivity contribution < 1.29 is 14.0 Å². The highest BCUT2D eigenvalue weighted by Gasteiger charge is 2.17. The zero-order valence-electron chi connectivity index (χ0n) is 14.0. The minimum absolute atomic E-state index is 0.126. The summed E-state index contributed by atoms with van der Waals surface area (Å²) in [6.45, 7) is 3.56. The van der Waals surface area contributed by atoms with E-state index < -0.39 is 0 Å². The van der Waals surface area contributed by atoms with Gasteiger partial charge in [-0.15, -0.1) is 0 Å². The van der Waals surface area contributed by atoms with E-state index in [1.807, 2.05) is 20.9 Å². The van der Waals surface area contributed by atoms with Crippen LogP contribution < -0.4 is 10.6 Å². The molecule has 8 nitrogen and oxygen atoms in total. The second-order valence-electron chi connectivity index (χ2n) is 5.66. The molecule has 0 aliphatic heterocycles. The number of fused-ring (bicyclic) bond motifs is 1. The summed E-state index contributed by atoms with van der Waals surface area (Å²) in [7, 11) is 3.58. The van der Waals surface area contributed by atoms with Crippen LogP contribution in [0.5, 0.6) is 0 Å². The SMILES string of the molecule is Cc1nn(C)c(C)c1NC(=O)CNC(=O)c1cc2occc2n1C. The van der Waals surface area contributed by atoms with Gasteiger partial charge in [-0.2, -0.15) is 5.10 Å². The maximum Gasteiger partial charge on any atom is 0.268 e. The molecule has 0 aromatic carbocycles. The molecule has 0 fully saturated rings. The van der Waals surface area contributed by atoms with E-state index in [1.165, 1.54) is 0 Å². The molecule has 0 unspecified atom stereocenters. The van der Waals surface area contributed by atoms with Crippen LogP contribution in [0.3, 0.4) is 0 Å². The molecule has 2 N–H and O–H groups in total. The van der Waals surface area contributed by atoms with Gasteiger partial charge in [-0.1, -0.05) is 0 Å². The highest BCUT2D eigenvalue weighted by atomic mass is 16.3. The van der Waals surface area contributed by atoms with Gasteiger partial charge in [0.15, 0.2) is 5.58 Å². The van der Waals surface area contributed by atoms with Crippen molar-refractivity contribution in [3.8, 4) is 0 Å². The zero-order chi connectivity index (χ0) is 17.4. The van der Waals surface area contributed by atoms with E-state index in [9.17, 15) is 9.59 Å². The molecular weight excluding hydrogens is 310 g/mol. The van der Waals surface area contributed by atoms with Crippen molar-refractivity contribution in [2.75, 3.05) is 11.9 Å². The molecule has 0 radical (unpaired) electrons. The Morgan fingerprint density at radius 1 is 1.29 bits per heavy atom. The van der Waals surface area contributed by atoms with Crippen LogP contribution in [0.25, 0.3) is 11.1 Å². The standard InChI is InChI=1S/C16H19N5O3/c1-9-15(10(2)21(4)19-9)18-14(22)8-17-16(23)12-7-13-11(20(12)3)5-6-24-13/h5-7H,8H2,1-4H3,(H,17,23)(H,18,22). The summed E-state index contributed by atoms with van der Waals surface area (Å²) in [6.07, 6.45) is 1.57. The van der Waals surface area contributed by atoms with Gasteiger partial charge in [-0.25, -0.2) is 0 Å². The summed E-state index contributed by atoms with van der Waals surface area (Å²) >= 11 is 0. The third-order valence-corrected chi connectivity index (χ3v) is 4.08. The van der Waals surface area contributed by atoms with Crippen LogP contribution >= 0.6 is 0 Å². The quantitative estimate of drug-likeness (QED) is 0.758. The van der Waals surface area contributed by atoms with Crippen molar-refractivity contribution in [1.82, 2.24) is 19.7 Å². The summed E-state index contributed by atoms with van der Waals surface area (Å²) in [5.74, 6) is -0.640. The molecule has 3 aromatic rings. The van der Waals surface area contributed by atoms with Gasteiger partial charge in [0, 0.05) is 26.2 Å². The Bertz CT molecular complexity index is 931. The molecule has 24 heavy (non-hydrogen) atoms. The normalized spacial score (nSPS) is 11.0. The number of carbonyl (C=O) groups is 2. The number of carbonyl (C=O) groups excluding carboxylic acids is 2. The number of aromatic nitrogens is 3. The Kier molecular flexibility index (Phi) is 3.88. The molecule has 8 heteroatoms. The molecule has 3 aromatic heterocycles. The number of nitrogens with zero attached hydrogens (tertiary/aromatic N) is 3. The average molecular weight is 329 g/mol. The van der Waals surface area contributed by atoms with Crippen LogP contribution in [0.1, 0.15) is 21.9 Å². The molecule has 0 spiro atoms. The van der Waals surface area contributed by atoms with Gasteiger partial charge in [0.05, 0.1) is 35.4 Å². The lowest BCUT2D eigenvalue weighted by molar-refractivity contribution is -0.115. The topological polar surface area (TPSA) is 94.1 Å². The molecule has 126 valence electrons. The van der Waals surface area contributed by atoms with Gasteiger partial charge in [0.25, 0.3) is 5.91 Å². The third-order valence-electron chi connectivity index (χ3n) is 4.08. The number of anilines is 1. The largest absolute Gasteiger partial charge is 0.463 e. The van der Waals surface area contributed by atoms with Crippen molar-refractivity contribution in [2.45, 2.75) is 13.8 Å². The van der Waals surface area contributed by atoms with Gasteiger partial charge < -0.3 is 19.6 Å². The van der Waals surface area contributed by atoms with Crippen LogP contribution in [-0.2, 0) is 18.9 Å². The van der Waals surface area contributed by atoms with Gasteiger partial charge in [-0.05, 0) is 13.8 Å². The summed E-state index contributed by atoms with van der Waals surface area (Å²) in [5, 5.41) is 9.63. The van der Waals surface area contributed by atoms with Crippen LogP contribution in [-0.4, -0.2) is 32.7 Å². The summed E-state index contributed by atoms with van der Waals surface area (Å²) in [6, 6.07) is 3.44. The number of aryl methyl sites for hydroxylation is 3. The molecule has 0 saturated heterocycles. The minimum atomic E-state index is -0.335. The Morgan fingerprint density at radius 3 is 2.67 bits per heavy atom. The maximum atomic E-state index is 12.3. The van der Waals surface area contributed by atoms with Crippen LogP contribution in [0.2, 0.25) is 0 Å². The Balaban J connectivity index is 1.64. The number of furan rings is 1. The van der Waals surface area contributed by atoms with Gasteiger partial charge in [-0.3, -0.25) is 14.3 Å². The van der Waals surface area contributed by atoms with Crippen molar-refractivity contribution in [1.29, 1.82) is 0 Å². The number of hydrogen-bond donors (Lipinski definition) is 2. The van der Waals surface area contributed by atoms with E-state index in [1.54, 1.807) is 34.7 Å². The Morgan fingerprint density at radius 2 is 2.04 bits per heavy atom. The lowest BCUT2D eigenvalue weighted by Crippen LogP contribution is -2.33. The van der Waals surface area contributed by atoms with E-state index >= 15 is 0 Å². The summed E-state index contributed by atoms with van der Waals surface area (Å²) in [4.78, 5) is 24.3. The highest BCUT2D eigenvalue weighted by molar-refractivity contribution is 6.01. The van der Waals surface area contributed by atoms with Crippen molar-refractivity contribution in [3.05, 3.63) is 35.5 Å². The van der Waals surface area contributed by atoms with E-state index in [4.69, 9.17) is 4.42 Å². The second kappa shape index (κ2) is 5.88. The molecule has 2 amide bonds. The first-order valence-corrected chi connectivity index (χ1v) is 7.49. The van der Waals surface area contributed by atoms with E-state index in [2.05, 4.69) is 15.7 Å². The molecule has 3 rings (SSSR count). The number of nitrogens with one attached hydrogen (secondary N) is 2. The molecule has 0 aliphatic rings. The monoisotopic (exact) mass is 329 g/mol. The number of rotatable bonds is 4. The number of amides is 2. The van der Waals surface area contributed by atoms with Gasteiger partial charge in [0.1, 0.15) is 5.69 Å². The molecule has 0 atom stereocenters. The van der Waals surface area contributed by atoms with Crippen molar-refractivity contribution >= 4 is 28.6 Å². The van der Waals surface area contributed by atoms with Crippen LogP contribution in [0, 0.1) is 13.8 Å². The van der Waals surface area contributed by atoms with E-state index in [0.29, 0.717) is 17.0 Å². The van der Waals surface area contributed by atoms with E-state index in [-0.39, 0.29) is 18.4 Å². The van der Waals surface area contributed by atoms with Crippen LogP contribution in [0.15, 0.2) is 22.8 Å². The predicted octanol–water partition coefficient (Wildman–Crippen LogP) is 1.49. The number of hydrogen-bond acceptors (Lipinski definition) is 4. The Labute approximate surface area is 138 Å². The lowest BCUT2D eigenvalue weighted by Gasteiger charge is -2.08. The lowest BCUT2D eigenvalue weighted by atomic mass is 10.3. The molecule has 0 aliphatic carbocycles. The molecule has 0 bridgehead atoms. The first kappa shape index (κ1) is 15.9. The van der Waals surface area contributed by atoms with Gasteiger partial charge in [0.2, 0.25) is 5.91 Å². The second-order valence-corrected chi connectivity index (χ2v) is 5.66. The van der Waals surface area contributed by atoms with Gasteiger partial charge >= 0.3 is 0 Å². The highest BCUT2D eigenvalue weighted by Crippen LogP contribution is 2.20. The summed E-state index contributed by atoms with van der Waals surface area (Å²) in [5.41, 5.74) is 4.16. The minimum Gasteiger partial charge on any atom is -0.463 e. The zero-order valence-corrected chi connectivity index (χ0v) is 14.0. The fourth-order valence-electron chi connectivity index (χ4n) is 2.66. The fraction of sp³-hybridized carbons (Fsp3) is 0.312. The molecule has 0 saturated carbocycles. The predicted molar refractivity (Wildman–Crippen MR) is 88.8 cm³/mol. The maximum absolute atomic E-state index is 12.3. The fourth-order valence-corrected chi connectivity index (χ4v) is 2.66. The first-order chi connectivity index (χ1) is 11.4. The van der Waals surface area contributed by atoms with E-state index in [0.717, 1.165) is 16.9 Å². The van der Waals surface area contributed by atoms with Crippen molar-refractivity contribution in [3.63, 3.8) is 0 Å². The Hall–Kier alpha value is -3.03.